The molecule has 2 aromatic carbocycles. The van der Waals surface area contributed by atoms with Gasteiger partial charge in [0.05, 0.1) is 4.90 Å². The molecule has 0 saturated carbocycles. The van der Waals surface area contributed by atoms with Crippen molar-refractivity contribution in [3.05, 3.63) is 53.6 Å². The van der Waals surface area contributed by atoms with E-state index in [0.717, 1.165) is 24.0 Å². The van der Waals surface area contributed by atoms with Gasteiger partial charge in [-0.15, -0.1) is 0 Å². The van der Waals surface area contributed by atoms with E-state index in [0.29, 0.717) is 18.0 Å². The quantitative estimate of drug-likeness (QED) is 0.643. The highest BCUT2D eigenvalue weighted by Crippen LogP contribution is 2.21. The molecule has 2 N–H and O–H groups in total. The zero-order chi connectivity index (χ0) is 19.9. The lowest BCUT2D eigenvalue weighted by Gasteiger charge is -2.11. The van der Waals surface area contributed by atoms with Crippen LogP contribution < -0.4 is 14.8 Å². The van der Waals surface area contributed by atoms with Crippen LogP contribution in [0.25, 0.3) is 0 Å². The van der Waals surface area contributed by atoms with E-state index < -0.39 is 10.0 Å². The number of hydrogen-bond donors (Lipinski definition) is 2. The number of sulfonamides is 1. The first-order valence-corrected chi connectivity index (χ1v) is 10.4. The minimum Gasteiger partial charge on any atom is -0.484 e. The van der Waals surface area contributed by atoms with Gasteiger partial charge in [0.25, 0.3) is 15.9 Å². The number of unbranched alkanes of at least 4 members (excludes halogenated alkanes) is 1. The highest BCUT2D eigenvalue weighted by Gasteiger charge is 2.14. The van der Waals surface area contributed by atoms with Crippen LogP contribution >= 0.6 is 0 Å². The molecule has 0 aliphatic heterocycles. The summed E-state index contributed by atoms with van der Waals surface area (Å²) in [4.78, 5) is 11.8. The van der Waals surface area contributed by atoms with Crippen LogP contribution in [0.1, 0.15) is 30.9 Å². The van der Waals surface area contributed by atoms with Crippen molar-refractivity contribution in [1.82, 2.24) is 5.32 Å². The summed E-state index contributed by atoms with van der Waals surface area (Å²) in [5, 5.41) is 2.76. The lowest BCUT2D eigenvalue weighted by Crippen LogP contribution is -2.29. The summed E-state index contributed by atoms with van der Waals surface area (Å²) in [7, 11) is -3.69. The van der Waals surface area contributed by atoms with Gasteiger partial charge in [-0.1, -0.05) is 19.4 Å². The highest BCUT2D eigenvalue weighted by atomic mass is 32.2. The van der Waals surface area contributed by atoms with Crippen LogP contribution in [-0.4, -0.2) is 27.5 Å². The number of ether oxygens (including phenoxy) is 1. The Hall–Kier alpha value is -2.54. The third-order valence-corrected chi connectivity index (χ3v) is 5.51. The lowest BCUT2D eigenvalue weighted by molar-refractivity contribution is -0.123. The van der Waals surface area contributed by atoms with Crippen LogP contribution in [0.5, 0.6) is 5.75 Å². The molecule has 1 amide bonds. The van der Waals surface area contributed by atoms with E-state index in [1.807, 2.05) is 26.8 Å². The van der Waals surface area contributed by atoms with Crippen molar-refractivity contribution in [1.29, 1.82) is 0 Å². The Balaban J connectivity index is 1.96. The minimum atomic E-state index is -3.69. The molecule has 2 aromatic rings. The van der Waals surface area contributed by atoms with Gasteiger partial charge >= 0.3 is 0 Å². The molecule has 0 bridgehead atoms. The number of nitrogens with one attached hydrogen (secondary N) is 2. The molecule has 0 spiro atoms. The van der Waals surface area contributed by atoms with E-state index in [1.54, 1.807) is 12.1 Å². The second kappa shape index (κ2) is 9.41. The van der Waals surface area contributed by atoms with Crippen LogP contribution in [0.3, 0.4) is 0 Å². The summed E-state index contributed by atoms with van der Waals surface area (Å²) in [6, 6.07) is 11.4. The SMILES string of the molecule is CCCCNC(=O)COc1ccc(S(=O)(=O)Nc2ccc(C)c(C)c2)cc1. The Bertz CT molecular complexity index is 877. The van der Waals surface area contributed by atoms with Crippen molar-refractivity contribution in [2.24, 2.45) is 0 Å². The fourth-order valence-corrected chi connectivity index (χ4v) is 3.39. The van der Waals surface area contributed by atoms with E-state index in [2.05, 4.69) is 10.0 Å². The lowest BCUT2D eigenvalue weighted by atomic mass is 10.1. The normalized spacial score (nSPS) is 11.1. The van der Waals surface area contributed by atoms with Gasteiger partial charge in [-0.05, 0) is 67.8 Å². The Morgan fingerprint density at radius 1 is 1.04 bits per heavy atom. The first kappa shape index (κ1) is 20.8. The molecule has 146 valence electrons. The third-order valence-electron chi connectivity index (χ3n) is 4.12. The maximum Gasteiger partial charge on any atom is 0.261 e. The summed E-state index contributed by atoms with van der Waals surface area (Å²) in [5.41, 5.74) is 2.62. The zero-order valence-corrected chi connectivity index (χ0v) is 16.7. The predicted molar refractivity (Wildman–Crippen MR) is 107 cm³/mol. The van der Waals surface area contributed by atoms with E-state index in [1.165, 1.54) is 24.3 Å². The molecule has 0 unspecified atom stereocenters. The van der Waals surface area contributed by atoms with E-state index in [4.69, 9.17) is 4.74 Å². The van der Waals surface area contributed by atoms with Gasteiger partial charge in [0.15, 0.2) is 6.61 Å². The topological polar surface area (TPSA) is 84.5 Å². The average Bonchev–Trinajstić information content (AvgIpc) is 2.63. The minimum absolute atomic E-state index is 0.100. The smallest absolute Gasteiger partial charge is 0.261 e. The molecular formula is C20H26N2O4S. The predicted octanol–water partition coefficient (Wildman–Crippen LogP) is 3.40. The number of rotatable bonds is 9. The van der Waals surface area contributed by atoms with E-state index in [-0.39, 0.29) is 17.4 Å². The van der Waals surface area contributed by atoms with Crippen molar-refractivity contribution in [3.8, 4) is 5.75 Å². The zero-order valence-electron chi connectivity index (χ0n) is 15.9. The molecular weight excluding hydrogens is 364 g/mol. The molecule has 27 heavy (non-hydrogen) atoms. The van der Waals surface area contributed by atoms with Gasteiger partial charge in [0.2, 0.25) is 0 Å². The number of carbonyl (C=O) groups excluding carboxylic acids is 1. The highest BCUT2D eigenvalue weighted by molar-refractivity contribution is 7.92. The van der Waals surface area contributed by atoms with Gasteiger partial charge < -0.3 is 10.1 Å². The van der Waals surface area contributed by atoms with Gasteiger partial charge in [0.1, 0.15) is 5.75 Å². The Morgan fingerprint density at radius 2 is 1.74 bits per heavy atom. The number of hydrogen-bond acceptors (Lipinski definition) is 4. The Labute approximate surface area is 161 Å². The van der Waals surface area contributed by atoms with Crippen molar-refractivity contribution in [2.75, 3.05) is 17.9 Å². The number of benzene rings is 2. The average molecular weight is 391 g/mol. The molecule has 0 radical (unpaired) electrons. The van der Waals surface area contributed by atoms with Gasteiger partial charge in [0, 0.05) is 12.2 Å². The number of aryl methyl sites for hydroxylation is 2. The van der Waals surface area contributed by atoms with Gasteiger partial charge in [-0.3, -0.25) is 9.52 Å². The first-order valence-electron chi connectivity index (χ1n) is 8.91. The van der Waals surface area contributed by atoms with E-state index >= 15 is 0 Å². The summed E-state index contributed by atoms with van der Waals surface area (Å²) in [5.74, 6) is 0.238. The van der Waals surface area contributed by atoms with Gasteiger partial charge in [-0.2, -0.15) is 0 Å². The molecule has 0 aromatic heterocycles. The van der Waals surface area contributed by atoms with Crippen LogP contribution in [0.15, 0.2) is 47.4 Å². The maximum atomic E-state index is 12.5. The fourth-order valence-electron chi connectivity index (χ4n) is 2.34. The van der Waals surface area contributed by atoms with Crippen molar-refractivity contribution >= 4 is 21.6 Å². The van der Waals surface area contributed by atoms with Crippen LogP contribution in [-0.2, 0) is 14.8 Å². The molecule has 0 aliphatic carbocycles. The molecule has 0 heterocycles. The van der Waals surface area contributed by atoms with E-state index in [9.17, 15) is 13.2 Å². The van der Waals surface area contributed by atoms with Crippen LogP contribution in [0.2, 0.25) is 0 Å². The maximum absolute atomic E-state index is 12.5. The number of carbonyl (C=O) groups is 1. The molecule has 2 rings (SSSR count). The van der Waals surface area contributed by atoms with Gasteiger partial charge in [-0.25, -0.2) is 8.42 Å². The molecule has 6 nitrogen and oxygen atoms in total. The summed E-state index contributed by atoms with van der Waals surface area (Å²) in [6.45, 7) is 6.47. The molecule has 0 fully saturated rings. The molecule has 0 saturated heterocycles. The third kappa shape index (κ3) is 6.29. The van der Waals surface area contributed by atoms with Crippen LogP contribution in [0.4, 0.5) is 5.69 Å². The number of anilines is 1. The molecule has 0 aliphatic rings. The fraction of sp³-hybridized carbons (Fsp3) is 0.350. The van der Waals surface area contributed by atoms with Crippen molar-refractivity contribution in [3.63, 3.8) is 0 Å². The second-order valence-electron chi connectivity index (χ2n) is 6.37. The second-order valence-corrected chi connectivity index (χ2v) is 8.05. The summed E-state index contributed by atoms with van der Waals surface area (Å²) < 4.78 is 33.0. The van der Waals surface area contributed by atoms with Crippen molar-refractivity contribution < 1.29 is 17.9 Å². The van der Waals surface area contributed by atoms with Crippen LogP contribution in [0, 0.1) is 13.8 Å². The number of amides is 1. The standard InChI is InChI=1S/C20H26N2O4S/c1-4-5-12-21-20(23)14-26-18-8-10-19(11-9-18)27(24,25)22-17-7-6-15(2)16(3)13-17/h6-11,13,22H,4-5,12,14H2,1-3H3,(H,21,23). The molecule has 7 heteroatoms. The first-order chi connectivity index (χ1) is 12.8. The summed E-state index contributed by atoms with van der Waals surface area (Å²) >= 11 is 0. The monoisotopic (exact) mass is 390 g/mol. The molecule has 0 atom stereocenters. The van der Waals surface area contributed by atoms with Crippen molar-refractivity contribution in [2.45, 2.75) is 38.5 Å². The Kier molecular flexibility index (Phi) is 7.24. The summed E-state index contributed by atoms with van der Waals surface area (Å²) in [6.07, 6.45) is 1.93. The largest absolute Gasteiger partial charge is 0.484 e. The Morgan fingerprint density at radius 3 is 2.37 bits per heavy atom.